The number of unbranched alkanes of at least 4 members (excludes halogenated alkanes) is 3. The molecule has 28 heavy (non-hydrogen) atoms. The van der Waals surface area contributed by atoms with E-state index in [9.17, 15) is 4.79 Å². The van der Waals surface area contributed by atoms with Gasteiger partial charge in [-0.2, -0.15) is 5.10 Å². The molecule has 0 aliphatic rings. The summed E-state index contributed by atoms with van der Waals surface area (Å²) in [6, 6.07) is 15.8. The fourth-order valence-corrected chi connectivity index (χ4v) is 2.73. The summed E-state index contributed by atoms with van der Waals surface area (Å²) in [5.41, 5.74) is 4.53. The molecule has 1 amide bonds. The van der Waals surface area contributed by atoms with Crippen LogP contribution in [-0.2, 0) is 11.2 Å². The van der Waals surface area contributed by atoms with E-state index in [-0.39, 0.29) is 5.91 Å². The quantitative estimate of drug-likeness (QED) is 0.328. The fourth-order valence-electron chi connectivity index (χ4n) is 2.73. The summed E-state index contributed by atoms with van der Waals surface area (Å²) in [5.74, 6) is 1.33. The minimum atomic E-state index is -0.213. The Bertz CT molecular complexity index is 742. The molecule has 0 aliphatic heterocycles. The number of rotatable bonds is 12. The molecule has 0 bridgehead atoms. The first-order valence-electron chi connectivity index (χ1n) is 9.92. The van der Waals surface area contributed by atoms with Crippen LogP contribution in [0.15, 0.2) is 53.6 Å². The Morgan fingerprint density at radius 1 is 1.00 bits per heavy atom. The lowest BCUT2D eigenvalue weighted by Crippen LogP contribution is -2.13. The third kappa shape index (κ3) is 8.25. The van der Waals surface area contributed by atoms with Crippen LogP contribution in [0.4, 0.5) is 0 Å². The molecule has 0 spiro atoms. The maximum absolute atomic E-state index is 10.9. The average molecular weight is 383 g/mol. The maximum Gasteiger partial charge on any atom is 0.236 e. The zero-order valence-electron chi connectivity index (χ0n) is 16.8. The van der Waals surface area contributed by atoms with Crippen LogP contribution in [0.25, 0.3) is 0 Å². The van der Waals surface area contributed by atoms with Crippen LogP contribution in [0.3, 0.4) is 0 Å². The molecular weight excluding hydrogens is 352 g/mol. The highest BCUT2D eigenvalue weighted by Crippen LogP contribution is 2.17. The summed E-state index contributed by atoms with van der Waals surface area (Å²) in [6.07, 6.45) is 7.80. The van der Waals surface area contributed by atoms with Gasteiger partial charge >= 0.3 is 0 Å². The predicted octanol–water partition coefficient (Wildman–Crippen LogP) is 4.74. The zero-order chi connectivity index (χ0) is 20.0. The number of aryl methyl sites for hydroxylation is 1. The Morgan fingerprint density at radius 3 is 2.50 bits per heavy atom. The highest BCUT2D eigenvalue weighted by Gasteiger charge is 2.02. The number of carbonyl (C=O) groups excluding carboxylic acids is 1. The zero-order valence-corrected chi connectivity index (χ0v) is 16.8. The average Bonchev–Trinajstić information content (AvgIpc) is 2.70. The molecule has 2 rings (SSSR count). The Kier molecular flexibility index (Phi) is 9.62. The monoisotopic (exact) mass is 382 g/mol. The molecule has 1 N–H and O–H groups in total. The van der Waals surface area contributed by atoms with Gasteiger partial charge in [-0.05, 0) is 42.7 Å². The second-order valence-electron chi connectivity index (χ2n) is 6.62. The number of amides is 1. The summed E-state index contributed by atoms with van der Waals surface area (Å²) >= 11 is 0. The van der Waals surface area contributed by atoms with Gasteiger partial charge in [0.25, 0.3) is 0 Å². The Balaban J connectivity index is 1.74. The molecule has 0 unspecified atom stereocenters. The number of nitrogens with zero attached hydrogens (tertiary/aromatic N) is 1. The molecule has 0 fully saturated rings. The van der Waals surface area contributed by atoms with E-state index in [0.717, 1.165) is 17.7 Å². The number of hydrogen-bond acceptors (Lipinski definition) is 4. The molecule has 2 aromatic carbocycles. The van der Waals surface area contributed by atoms with Gasteiger partial charge in [-0.1, -0.05) is 50.5 Å². The van der Waals surface area contributed by atoms with Gasteiger partial charge in [0.05, 0.1) is 6.21 Å². The summed E-state index contributed by atoms with van der Waals surface area (Å²) in [4.78, 5) is 10.9. The van der Waals surface area contributed by atoms with Gasteiger partial charge in [0, 0.05) is 12.5 Å². The number of carbonyl (C=O) groups is 1. The number of nitrogens with one attached hydrogen (secondary N) is 1. The summed E-state index contributed by atoms with van der Waals surface area (Å²) in [7, 11) is 0. The third-order valence-corrected chi connectivity index (χ3v) is 4.20. The number of ether oxygens (including phenoxy) is 2. The van der Waals surface area contributed by atoms with E-state index < -0.39 is 0 Å². The lowest BCUT2D eigenvalue weighted by Gasteiger charge is -2.10. The predicted molar refractivity (Wildman–Crippen MR) is 113 cm³/mol. The fraction of sp³-hybridized carbons (Fsp3) is 0.391. The summed E-state index contributed by atoms with van der Waals surface area (Å²) in [6.45, 7) is 4.51. The smallest absolute Gasteiger partial charge is 0.236 e. The highest BCUT2D eigenvalue weighted by atomic mass is 16.5. The van der Waals surface area contributed by atoms with E-state index in [1.54, 1.807) is 6.21 Å². The van der Waals surface area contributed by atoms with E-state index >= 15 is 0 Å². The van der Waals surface area contributed by atoms with Gasteiger partial charge in [0.15, 0.2) is 0 Å². The first kappa shape index (κ1) is 21.5. The van der Waals surface area contributed by atoms with E-state index in [4.69, 9.17) is 9.47 Å². The van der Waals surface area contributed by atoms with Crippen molar-refractivity contribution in [3.8, 4) is 11.5 Å². The van der Waals surface area contributed by atoms with Crippen molar-refractivity contribution in [3.05, 3.63) is 59.7 Å². The first-order chi connectivity index (χ1) is 13.7. The number of hydrazone groups is 1. The lowest BCUT2D eigenvalue weighted by molar-refractivity contribution is -0.118. The topological polar surface area (TPSA) is 59.9 Å². The van der Waals surface area contributed by atoms with Crippen LogP contribution in [0.5, 0.6) is 11.5 Å². The van der Waals surface area contributed by atoms with Crippen molar-refractivity contribution in [3.63, 3.8) is 0 Å². The van der Waals surface area contributed by atoms with Crippen molar-refractivity contribution in [1.29, 1.82) is 0 Å². The molecule has 0 atom stereocenters. The van der Waals surface area contributed by atoms with Crippen LogP contribution in [0.1, 0.15) is 50.7 Å². The van der Waals surface area contributed by atoms with E-state index in [1.807, 2.05) is 36.4 Å². The van der Waals surface area contributed by atoms with Crippen LogP contribution in [0, 0.1) is 0 Å². The molecule has 5 heteroatoms. The normalized spacial score (nSPS) is 10.8. The van der Waals surface area contributed by atoms with Crippen molar-refractivity contribution in [2.75, 3.05) is 13.2 Å². The number of para-hydroxylation sites is 1. The largest absolute Gasteiger partial charge is 0.490 e. The molecule has 0 saturated heterocycles. The Hall–Kier alpha value is -2.82. The van der Waals surface area contributed by atoms with Crippen LogP contribution >= 0.6 is 0 Å². The number of benzene rings is 2. The van der Waals surface area contributed by atoms with Gasteiger partial charge in [-0.3, -0.25) is 4.79 Å². The van der Waals surface area contributed by atoms with Gasteiger partial charge in [-0.15, -0.1) is 0 Å². The standard InChI is InChI=1S/C23H30N2O3/c1-3-4-5-6-9-20-12-14-22(15-13-20)27-16-17-28-23-11-8-7-10-21(23)18-24-25-19(2)26/h7-8,10-15,18H,3-6,9,16-17H2,1-2H3,(H,25,26)/b24-18-. The first-order valence-corrected chi connectivity index (χ1v) is 9.92. The van der Waals surface area contributed by atoms with Crippen molar-refractivity contribution >= 4 is 12.1 Å². The minimum Gasteiger partial charge on any atom is -0.490 e. The van der Waals surface area contributed by atoms with Crippen LogP contribution < -0.4 is 14.9 Å². The van der Waals surface area contributed by atoms with Crippen molar-refractivity contribution in [1.82, 2.24) is 5.43 Å². The Labute approximate surface area is 167 Å². The summed E-state index contributed by atoms with van der Waals surface area (Å²) in [5, 5.41) is 3.88. The number of hydrogen-bond donors (Lipinski definition) is 1. The molecule has 0 radical (unpaired) electrons. The molecule has 150 valence electrons. The molecule has 0 aliphatic carbocycles. The molecule has 0 saturated carbocycles. The minimum absolute atomic E-state index is 0.213. The molecule has 5 nitrogen and oxygen atoms in total. The molecule has 0 aromatic heterocycles. The van der Waals surface area contributed by atoms with E-state index in [2.05, 4.69) is 29.6 Å². The van der Waals surface area contributed by atoms with Gasteiger partial charge in [0.2, 0.25) is 5.91 Å². The van der Waals surface area contributed by atoms with E-state index in [1.165, 1.54) is 38.2 Å². The lowest BCUT2D eigenvalue weighted by atomic mass is 10.1. The van der Waals surface area contributed by atoms with Crippen molar-refractivity contribution in [2.45, 2.75) is 46.0 Å². The van der Waals surface area contributed by atoms with E-state index in [0.29, 0.717) is 19.0 Å². The van der Waals surface area contributed by atoms with Gasteiger partial charge in [0.1, 0.15) is 24.7 Å². The molecular formula is C23H30N2O3. The van der Waals surface area contributed by atoms with Crippen molar-refractivity contribution < 1.29 is 14.3 Å². The van der Waals surface area contributed by atoms with Gasteiger partial charge in [-0.25, -0.2) is 5.43 Å². The maximum atomic E-state index is 10.9. The molecule has 0 heterocycles. The Morgan fingerprint density at radius 2 is 1.75 bits per heavy atom. The second kappa shape index (κ2) is 12.5. The summed E-state index contributed by atoms with van der Waals surface area (Å²) < 4.78 is 11.5. The second-order valence-corrected chi connectivity index (χ2v) is 6.62. The van der Waals surface area contributed by atoms with Gasteiger partial charge < -0.3 is 9.47 Å². The SMILES string of the molecule is CCCCCCc1ccc(OCCOc2ccccc2/C=N\NC(C)=O)cc1. The molecule has 2 aromatic rings. The van der Waals surface area contributed by atoms with Crippen LogP contribution in [-0.4, -0.2) is 25.3 Å². The van der Waals surface area contributed by atoms with Crippen molar-refractivity contribution in [2.24, 2.45) is 5.10 Å². The highest BCUT2D eigenvalue weighted by molar-refractivity contribution is 5.84. The third-order valence-electron chi connectivity index (χ3n) is 4.20. The van der Waals surface area contributed by atoms with Crippen LogP contribution in [0.2, 0.25) is 0 Å².